The third-order valence-electron chi connectivity index (χ3n) is 1.92. The molecule has 0 saturated heterocycles. The molecule has 0 heterocycles. The molecular formula is C9H22N2. The van der Waals surface area contributed by atoms with E-state index in [9.17, 15) is 0 Å². The van der Waals surface area contributed by atoms with Crippen molar-refractivity contribution >= 4 is 0 Å². The van der Waals surface area contributed by atoms with E-state index in [1.54, 1.807) is 0 Å². The normalized spacial score (nSPS) is 16.9. The first kappa shape index (κ1) is 10.9. The standard InChI is InChI=1S/C9H22N2/c1-5-8(2)6-11(4)7-9(3)10/h8-9H,5-7,10H2,1-4H3. The Kier molecular flexibility index (Phi) is 5.51. The summed E-state index contributed by atoms with van der Waals surface area (Å²) in [5.41, 5.74) is 5.67. The van der Waals surface area contributed by atoms with E-state index >= 15 is 0 Å². The van der Waals surface area contributed by atoms with Crippen LogP contribution in [0.15, 0.2) is 0 Å². The predicted molar refractivity (Wildman–Crippen MR) is 50.6 cm³/mol. The molecule has 2 unspecified atom stereocenters. The van der Waals surface area contributed by atoms with Crippen LogP contribution in [0.2, 0.25) is 0 Å². The summed E-state index contributed by atoms with van der Waals surface area (Å²) >= 11 is 0. The van der Waals surface area contributed by atoms with Crippen molar-refractivity contribution in [3.05, 3.63) is 0 Å². The molecule has 2 atom stereocenters. The summed E-state index contributed by atoms with van der Waals surface area (Å²) in [4.78, 5) is 2.30. The van der Waals surface area contributed by atoms with Crippen molar-refractivity contribution in [2.24, 2.45) is 11.7 Å². The van der Waals surface area contributed by atoms with Crippen LogP contribution in [-0.2, 0) is 0 Å². The molecule has 0 aromatic carbocycles. The zero-order valence-corrected chi connectivity index (χ0v) is 8.30. The highest BCUT2D eigenvalue weighted by molar-refractivity contribution is 4.62. The van der Waals surface area contributed by atoms with Gasteiger partial charge < -0.3 is 10.6 Å². The average Bonchev–Trinajstić information content (AvgIpc) is 1.85. The van der Waals surface area contributed by atoms with Crippen LogP contribution in [-0.4, -0.2) is 31.1 Å². The van der Waals surface area contributed by atoms with Gasteiger partial charge in [0.2, 0.25) is 0 Å². The monoisotopic (exact) mass is 158 g/mol. The largest absolute Gasteiger partial charge is 0.327 e. The maximum Gasteiger partial charge on any atom is 0.0139 e. The summed E-state index contributed by atoms with van der Waals surface area (Å²) in [6.07, 6.45) is 1.25. The van der Waals surface area contributed by atoms with Gasteiger partial charge in [0.05, 0.1) is 0 Å². The van der Waals surface area contributed by atoms with Crippen molar-refractivity contribution in [1.29, 1.82) is 0 Å². The molecule has 0 aromatic rings. The Morgan fingerprint density at radius 3 is 2.18 bits per heavy atom. The third-order valence-corrected chi connectivity index (χ3v) is 1.92. The molecule has 0 aliphatic rings. The van der Waals surface area contributed by atoms with Crippen molar-refractivity contribution in [1.82, 2.24) is 4.90 Å². The van der Waals surface area contributed by atoms with E-state index in [1.165, 1.54) is 6.42 Å². The fourth-order valence-corrected chi connectivity index (χ4v) is 1.23. The zero-order valence-electron chi connectivity index (χ0n) is 8.30. The van der Waals surface area contributed by atoms with Gasteiger partial charge in [0.1, 0.15) is 0 Å². The Balaban J connectivity index is 3.43. The molecule has 68 valence electrons. The second-order valence-electron chi connectivity index (χ2n) is 3.71. The fourth-order valence-electron chi connectivity index (χ4n) is 1.23. The van der Waals surface area contributed by atoms with Crippen LogP contribution in [0.5, 0.6) is 0 Å². The van der Waals surface area contributed by atoms with Crippen LogP contribution in [0, 0.1) is 5.92 Å². The number of nitrogens with two attached hydrogens (primary N) is 1. The highest BCUT2D eigenvalue weighted by Crippen LogP contribution is 2.02. The third kappa shape index (κ3) is 6.32. The van der Waals surface area contributed by atoms with Crippen LogP contribution >= 0.6 is 0 Å². The van der Waals surface area contributed by atoms with E-state index in [-0.39, 0.29) is 0 Å². The molecule has 11 heavy (non-hydrogen) atoms. The number of likely N-dealkylation sites (N-methyl/N-ethyl adjacent to an activating group) is 1. The van der Waals surface area contributed by atoms with Gasteiger partial charge in [-0.3, -0.25) is 0 Å². The van der Waals surface area contributed by atoms with Gasteiger partial charge in [-0.1, -0.05) is 20.3 Å². The highest BCUT2D eigenvalue weighted by atomic mass is 15.1. The molecule has 0 aliphatic carbocycles. The zero-order chi connectivity index (χ0) is 8.85. The molecule has 0 fully saturated rings. The van der Waals surface area contributed by atoms with Crippen LogP contribution in [0.1, 0.15) is 27.2 Å². The Labute approximate surface area is 70.8 Å². The molecule has 0 rings (SSSR count). The minimum absolute atomic E-state index is 0.295. The van der Waals surface area contributed by atoms with Crippen molar-refractivity contribution in [2.45, 2.75) is 33.2 Å². The van der Waals surface area contributed by atoms with Gasteiger partial charge in [-0.25, -0.2) is 0 Å². The summed E-state index contributed by atoms with van der Waals surface area (Å²) in [5, 5.41) is 0. The van der Waals surface area contributed by atoms with Gasteiger partial charge in [-0.15, -0.1) is 0 Å². The molecule has 2 N–H and O–H groups in total. The first-order valence-electron chi connectivity index (χ1n) is 4.50. The van der Waals surface area contributed by atoms with E-state index in [0.29, 0.717) is 6.04 Å². The topological polar surface area (TPSA) is 29.3 Å². The molecule has 0 radical (unpaired) electrons. The fraction of sp³-hybridized carbons (Fsp3) is 1.00. The van der Waals surface area contributed by atoms with Crippen LogP contribution < -0.4 is 5.73 Å². The van der Waals surface area contributed by atoms with E-state index in [0.717, 1.165) is 19.0 Å². The molecule has 2 heteroatoms. The minimum atomic E-state index is 0.295. The first-order chi connectivity index (χ1) is 5.06. The summed E-state index contributed by atoms with van der Waals surface area (Å²) in [6.45, 7) is 8.72. The molecular weight excluding hydrogens is 136 g/mol. The Morgan fingerprint density at radius 1 is 1.27 bits per heavy atom. The number of nitrogens with zero attached hydrogens (tertiary/aromatic N) is 1. The summed E-state index contributed by atoms with van der Waals surface area (Å²) in [6, 6.07) is 0.295. The van der Waals surface area contributed by atoms with Crippen molar-refractivity contribution in [2.75, 3.05) is 20.1 Å². The van der Waals surface area contributed by atoms with Crippen LogP contribution in [0.4, 0.5) is 0 Å². The van der Waals surface area contributed by atoms with Gasteiger partial charge >= 0.3 is 0 Å². The lowest BCUT2D eigenvalue weighted by Crippen LogP contribution is -2.35. The quantitative estimate of drug-likeness (QED) is 0.653. The van der Waals surface area contributed by atoms with Gasteiger partial charge in [-0.2, -0.15) is 0 Å². The van der Waals surface area contributed by atoms with Crippen LogP contribution in [0.25, 0.3) is 0 Å². The summed E-state index contributed by atoms with van der Waals surface area (Å²) in [7, 11) is 2.13. The van der Waals surface area contributed by atoms with Crippen molar-refractivity contribution in [3.63, 3.8) is 0 Å². The minimum Gasteiger partial charge on any atom is -0.327 e. The van der Waals surface area contributed by atoms with Crippen molar-refractivity contribution in [3.8, 4) is 0 Å². The van der Waals surface area contributed by atoms with E-state index in [4.69, 9.17) is 5.73 Å². The number of hydrogen-bond acceptors (Lipinski definition) is 2. The maximum atomic E-state index is 5.67. The average molecular weight is 158 g/mol. The predicted octanol–water partition coefficient (Wildman–Crippen LogP) is 1.31. The SMILES string of the molecule is CCC(C)CN(C)CC(C)N. The lowest BCUT2D eigenvalue weighted by atomic mass is 10.1. The second-order valence-corrected chi connectivity index (χ2v) is 3.71. The molecule has 0 spiro atoms. The van der Waals surface area contributed by atoms with Crippen molar-refractivity contribution < 1.29 is 0 Å². The second kappa shape index (κ2) is 5.56. The van der Waals surface area contributed by atoms with Gasteiger partial charge in [0.15, 0.2) is 0 Å². The molecule has 0 bridgehead atoms. The van der Waals surface area contributed by atoms with Gasteiger partial charge in [-0.05, 0) is 19.9 Å². The van der Waals surface area contributed by atoms with E-state index in [1.807, 2.05) is 6.92 Å². The van der Waals surface area contributed by atoms with Gasteiger partial charge in [0, 0.05) is 19.1 Å². The molecule has 0 aromatic heterocycles. The lowest BCUT2D eigenvalue weighted by Gasteiger charge is -2.21. The lowest BCUT2D eigenvalue weighted by molar-refractivity contribution is 0.271. The highest BCUT2D eigenvalue weighted by Gasteiger charge is 2.05. The Hall–Kier alpha value is -0.0800. The maximum absolute atomic E-state index is 5.67. The van der Waals surface area contributed by atoms with E-state index < -0.39 is 0 Å². The number of rotatable bonds is 5. The Bertz CT molecular complexity index is 91.6. The smallest absolute Gasteiger partial charge is 0.0139 e. The summed E-state index contributed by atoms with van der Waals surface area (Å²) in [5.74, 6) is 0.791. The molecule has 0 aliphatic heterocycles. The first-order valence-corrected chi connectivity index (χ1v) is 4.50. The van der Waals surface area contributed by atoms with Gasteiger partial charge in [0.25, 0.3) is 0 Å². The number of hydrogen-bond donors (Lipinski definition) is 1. The summed E-state index contributed by atoms with van der Waals surface area (Å²) < 4.78 is 0. The van der Waals surface area contributed by atoms with E-state index in [2.05, 4.69) is 25.8 Å². The molecule has 0 amide bonds. The molecule has 0 saturated carbocycles. The molecule has 2 nitrogen and oxygen atoms in total. The van der Waals surface area contributed by atoms with Crippen LogP contribution in [0.3, 0.4) is 0 Å². The Morgan fingerprint density at radius 2 is 1.82 bits per heavy atom.